The molecule has 1 aliphatic heterocycles. The van der Waals surface area contributed by atoms with Gasteiger partial charge in [-0.15, -0.1) is 11.8 Å². The molecule has 1 atom stereocenters. The number of amides is 1. The minimum Gasteiger partial charge on any atom is -0.347 e. The minimum absolute atomic E-state index is 0.00391. The molecule has 0 bridgehead atoms. The molecule has 3 rings (SSSR count). The van der Waals surface area contributed by atoms with Crippen LogP contribution in [-0.2, 0) is 0 Å². The zero-order chi connectivity index (χ0) is 16.1. The van der Waals surface area contributed by atoms with Crippen molar-refractivity contribution in [3.8, 4) is 0 Å². The summed E-state index contributed by atoms with van der Waals surface area (Å²) >= 11 is 1.59. The Hall–Kier alpha value is -2.08. The van der Waals surface area contributed by atoms with Gasteiger partial charge >= 0.3 is 0 Å². The highest BCUT2D eigenvalue weighted by Gasteiger charge is 2.23. The van der Waals surface area contributed by atoms with Crippen LogP contribution in [-0.4, -0.2) is 41.3 Å². The molecule has 2 aromatic rings. The summed E-state index contributed by atoms with van der Waals surface area (Å²) in [6, 6.07) is 9.64. The van der Waals surface area contributed by atoms with Gasteiger partial charge in [0.15, 0.2) is 0 Å². The monoisotopic (exact) mass is 328 g/mol. The van der Waals surface area contributed by atoms with E-state index in [9.17, 15) is 4.79 Å². The number of piperidine rings is 1. The van der Waals surface area contributed by atoms with Crippen molar-refractivity contribution in [1.29, 1.82) is 0 Å². The van der Waals surface area contributed by atoms with Crippen molar-refractivity contribution >= 4 is 23.6 Å². The molecule has 5 nitrogen and oxygen atoms in total. The molecule has 0 saturated carbocycles. The SMILES string of the molecule is CSc1ccccc1C(=O)N[C@@H]1CCCN(c2ncccn2)C1. The molecule has 1 N–H and O–H groups in total. The molecule has 0 aliphatic carbocycles. The van der Waals surface area contributed by atoms with Crippen molar-refractivity contribution in [3.05, 3.63) is 48.3 Å². The van der Waals surface area contributed by atoms with Gasteiger partial charge in [-0.3, -0.25) is 4.79 Å². The van der Waals surface area contributed by atoms with Gasteiger partial charge in [-0.25, -0.2) is 9.97 Å². The molecule has 23 heavy (non-hydrogen) atoms. The fourth-order valence-corrected chi connectivity index (χ4v) is 3.42. The van der Waals surface area contributed by atoms with E-state index in [4.69, 9.17) is 0 Å². The third kappa shape index (κ3) is 3.82. The minimum atomic E-state index is -0.00391. The standard InChI is InChI=1S/C17H20N4OS/c1-23-15-8-3-2-7-14(15)16(22)20-13-6-4-11-21(12-13)17-18-9-5-10-19-17/h2-3,5,7-10,13H,4,6,11-12H2,1H3,(H,20,22)/t13-/m1/s1. The first-order chi connectivity index (χ1) is 11.3. The molecule has 120 valence electrons. The van der Waals surface area contributed by atoms with Crippen molar-refractivity contribution < 1.29 is 4.79 Å². The van der Waals surface area contributed by atoms with Crippen LogP contribution in [0.5, 0.6) is 0 Å². The van der Waals surface area contributed by atoms with E-state index in [2.05, 4.69) is 20.2 Å². The second-order valence-electron chi connectivity index (χ2n) is 5.51. The molecule has 1 aromatic heterocycles. The number of hydrogen-bond donors (Lipinski definition) is 1. The molecule has 1 aromatic carbocycles. The predicted octanol–water partition coefficient (Wildman–Crippen LogP) is 2.60. The van der Waals surface area contributed by atoms with Gasteiger partial charge in [-0.2, -0.15) is 0 Å². The smallest absolute Gasteiger partial charge is 0.252 e. The number of carbonyl (C=O) groups excluding carboxylic acids is 1. The van der Waals surface area contributed by atoms with Crippen LogP contribution in [0.3, 0.4) is 0 Å². The zero-order valence-corrected chi connectivity index (χ0v) is 13.9. The summed E-state index contributed by atoms with van der Waals surface area (Å²) in [5, 5.41) is 3.16. The van der Waals surface area contributed by atoms with Gasteiger partial charge in [0.25, 0.3) is 5.91 Å². The fourth-order valence-electron chi connectivity index (χ4n) is 2.83. The second-order valence-corrected chi connectivity index (χ2v) is 6.36. The largest absolute Gasteiger partial charge is 0.347 e. The van der Waals surface area contributed by atoms with Crippen molar-refractivity contribution in [2.45, 2.75) is 23.8 Å². The molecule has 1 aliphatic rings. The lowest BCUT2D eigenvalue weighted by Crippen LogP contribution is -2.48. The van der Waals surface area contributed by atoms with Gasteiger partial charge in [-0.05, 0) is 37.3 Å². The van der Waals surface area contributed by atoms with Crippen molar-refractivity contribution in [2.24, 2.45) is 0 Å². The molecule has 1 fully saturated rings. The van der Waals surface area contributed by atoms with E-state index >= 15 is 0 Å². The second kappa shape index (κ2) is 7.46. The average Bonchev–Trinajstić information content (AvgIpc) is 2.62. The first-order valence-electron chi connectivity index (χ1n) is 7.74. The first-order valence-corrected chi connectivity index (χ1v) is 8.96. The van der Waals surface area contributed by atoms with E-state index in [-0.39, 0.29) is 11.9 Å². The third-order valence-electron chi connectivity index (χ3n) is 3.94. The van der Waals surface area contributed by atoms with Gasteiger partial charge in [0.1, 0.15) is 0 Å². The highest BCUT2D eigenvalue weighted by atomic mass is 32.2. The number of benzene rings is 1. The Balaban J connectivity index is 1.67. The van der Waals surface area contributed by atoms with E-state index < -0.39 is 0 Å². The van der Waals surface area contributed by atoms with E-state index in [1.54, 1.807) is 24.2 Å². The molecule has 2 heterocycles. The summed E-state index contributed by atoms with van der Waals surface area (Å²) in [7, 11) is 0. The lowest BCUT2D eigenvalue weighted by atomic mass is 10.1. The highest BCUT2D eigenvalue weighted by Crippen LogP contribution is 2.21. The summed E-state index contributed by atoms with van der Waals surface area (Å²) in [6.07, 6.45) is 7.49. The number of nitrogens with one attached hydrogen (secondary N) is 1. The summed E-state index contributed by atoms with van der Waals surface area (Å²) < 4.78 is 0. The van der Waals surface area contributed by atoms with Gasteiger partial charge in [-0.1, -0.05) is 12.1 Å². The Morgan fingerprint density at radius 2 is 2.04 bits per heavy atom. The lowest BCUT2D eigenvalue weighted by Gasteiger charge is -2.33. The molecule has 6 heteroatoms. The van der Waals surface area contributed by atoms with Crippen LogP contribution in [0, 0.1) is 0 Å². The summed E-state index contributed by atoms with van der Waals surface area (Å²) in [4.78, 5) is 24.3. The number of carbonyl (C=O) groups is 1. The summed E-state index contributed by atoms with van der Waals surface area (Å²) in [5.74, 6) is 0.728. The predicted molar refractivity (Wildman–Crippen MR) is 93.0 cm³/mol. The normalized spacial score (nSPS) is 17.8. The Morgan fingerprint density at radius 3 is 2.83 bits per heavy atom. The number of rotatable bonds is 4. The van der Waals surface area contributed by atoms with Crippen molar-refractivity contribution in [1.82, 2.24) is 15.3 Å². The van der Waals surface area contributed by atoms with Crippen molar-refractivity contribution in [3.63, 3.8) is 0 Å². The summed E-state index contributed by atoms with van der Waals surface area (Å²) in [5.41, 5.74) is 0.744. The molecule has 0 spiro atoms. The number of thioether (sulfide) groups is 1. The Bertz CT molecular complexity index is 665. The highest BCUT2D eigenvalue weighted by molar-refractivity contribution is 7.98. The van der Waals surface area contributed by atoms with Gasteiger partial charge < -0.3 is 10.2 Å². The van der Waals surface area contributed by atoms with Crippen LogP contribution in [0.15, 0.2) is 47.6 Å². The molecule has 0 unspecified atom stereocenters. The van der Waals surface area contributed by atoms with Crippen molar-refractivity contribution in [2.75, 3.05) is 24.2 Å². The average molecular weight is 328 g/mol. The van der Waals surface area contributed by atoms with E-state index in [0.29, 0.717) is 0 Å². The van der Waals surface area contributed by atoms with Gasteiger partial charge in [0.05, 0.1) is 5.56 Å². The fraction of sp³-hybridized carbons (Fsp3) is 0.353. The molecule has 1 amide bonds. The molecular weight excluding hydrogens is 308 g/mol. The van der Waals surface area contributed by atoms with E-state index in [1.165, 1.54) is 0 Å². The van der Waals surface area contributed by atoms with Crippen LogP contribution >= 0.6 is 11.8 Å². The Labute approximate surface area is 140 Å². The quantitative estimate of drug-likeness (QED) is 0.874. The Morgan fingerprint density at radius 1 is 1.26 bits per heavy atom. The van der Waals surface area contributed by atoms with Gasteiger partial charge in [0.2, 0.25) is 5.95 Å². The molecular formula is C17H20N4OS. The maximum atomic E-state index is 12.6. The maximum absolute atomic E-state index is 12.6. The number of nitrogens with zero attached hydrogens (tertiary/aromatic N) is 3. The lowest BCUT2D eigenvalue weighted by molar-refractivity contribution is 0.0930. The number of hydrogen-bond acceptors (Lipinski definition) is 5. The third-order valence-corrected chi connectivity index (χ3v) is 4.74. The molecule has 1 saturated heterocycles. The maximum Gasteiger partial charge on any atom is 0.252 e. The number of aromatic nitrogens is 2. The number of anilines is 1. The van der Waals surface area contributed by atoms with Crippen LogP contribution in [0.4, 0.5) is 5.95 Å². The van der Waals surface area contributed by atoms with Crippen LogP contribution in [0.2, 0.25) is 0 Å². The van der Waals surface area contributed by atoms with Crippen LogP contribution in [0.1, 0.15) is 23.2 Å². The summed E-state index contributed by atoms with van der Waals surface area (Å²) in [6.45, 7) is 1.68. The van der Waals surface area contributed by atoms with E-state index in [1.807, 2.05) is 36.6 Å². The zero-order valence-electron chi connectivity index (χ0n) is 13.1. The van der Waals surface area contributed by atoms with Gasteiger partial charge in [0, 0.05) is 36.4 Å². The Kier molecular flexibility index (Phi) is 5.12. The van der Waals surface area contributed by atoms with E-state index in [0.717, 1.165) is 42.3 Å². The first kappa shape index (κ1) is 15.8. The topological polar surface area (TPSA) is 58.1 Å². The molecule has 0 radical (unpaired) electrons. The van der Waals surface area contributed by atoms with Crippen LogP contribution in [0.25, 0.3) is 0 Å². The van der Waals surface area contributed by atoms with Crippen LogP contribution < -0.4 is 10.2 Å².